The molecule has 1 N–H and O–H groups in total. The van der Waals surface area contributed by atoms with Gasteiger partial charge in [-0.15, -0.1) is 0 Å². The molecule has 4 aromatic rings. The first kappa shape index (κ1) is 23.0. The maximum Gasteiger partial charge on any atom is 0.405 e. The fourth-order valence-electron chi connectivity index (χ4n) is 3.26. The molecule has 0 saturated carbocycles. The fraction of sp³-hybridized carbons (Fsp3) is 0.115. The normalized spacial score (nSPS) is 11.9. The Hall–Kier alpha value is -4.20. The number of para-hydroxylation sites is 1. The van der Waals surface area contributed by atoms with Crippen molar-refractivity contribution in [3.8, 4) is 5.75 Å². The van der Waals surface area contributed by atoms with Gasteiger partial charge in [0.15, 0.2) is 0 Å². The van der Waals surface area contributed by atoms with Crippen LogP contribution in [0, 0.1) is 0 Å². The quantitative estimate of drug-likeness (QED) is 0.372. The Morgan fingerprint density at radius 3 is 2.41 bits per heavy atom. The zero-order valence-electron chi connectivity index (χ0n) is 17.9. The number of nitrogens with zero attached hydrogens (tertiary/aromatic N) is 2. The van der Waals surface area contributed by atoms with Gasteiger partial charge in [0.1, 0.15) is 18.9 Å². The predicted molar refractivity (Wildman–Crippen MR) is 124 cm³/mol. The minimum atomic E-state index is -4.51. The van der Waals surface area contributed by atoms with Crippen LogP contribution in [0.4, 0.5) is 13.2 Å². The summed E-state index contributed by atoms with van der Waals surface area (Å²) in [6, 6.07) is 21.5. The highest BCUT2D eigenvalue weighted by Gasteiger charge is 2.28. The van der Waals surface area contributed by atoms with Crippen LogP contribution in [0.3, 0.4) is 0 Å². The average molecular weight is 463 g/mol. The van der Waals surface area contributed by atoms with E-state index in [1.54, 1.807) is 36.4 Å². The lowest BCUT2D eigenvalue weighted by Crippen LogP contribution is -2.34. The van der Waals surface area contributed by atoms with Gasteiger partial charge in [-0.3, -0.25) is 9.78 Å². The van der Waals surface area contributed by atoms with Gasteiger partial charge in [-0.2, -0.15) is 13.2 Å². The fourth-order valence-corrected chi connectivity index (χ4v) is 3.26. The van der Waals surface area contributed by atoms with E-state index in [1.165, 1.54) is 18.5 Å². The second kappa shape index (κ2) is 10.2. The van der Waals surface area contributed by atoms with Crippen molar-refractivity contribution in [1.82, 2.24) is 15.3 Å². The Labute approximate surface area is 193 Å². The Bertz CT molecular complexity index is 1300. The zero-order chi connectivity index (χ0) is 24.0. The number of fused-ring (bicyclic) bond motifs is 1. The monoisotopic (exact) mass is 463 g/mol. The molecule has 0 unspecified atom stereocenters. The van der Waals surface area contributed by atoms with Crippen LogP contribution in [0.25, 0.3) is 22.6 Å². The van der Waals surface area contributed by atoms with Crippen LogP contribution >= 0.6 is 0 Å². The molecule has 0 radical (unpaired) electrons. The van der Waals surface area contributed by atoms with Crippen LogP contribution in [0.2, 0.25) is 0 Å². The number of alkyl halides is 3. The first-order valence-corrected chi connectivity index (χ1v) is 10.4. The lowest BCUT2D eigenvalue weighted by Gasteiger charge is -2.12. The summed E-state index contributed by atoms with van der Waals surface area (Å²) >= 11 is 0. The number of nitrogens with one attached hydrogen (secondary N) is 1. The van der Waals surface area contributed by atoms with Gasteiger partial charge in [0.05, 0.1) is 11.2 Å². The molecule has 0 aliphatic rings. The Balaban J connectivity index is 1.50. The van der Waals surface area contributed by atoms with Crippen molar-refractivity contribution in [2.45, 2.75) is 12.8 Å². The van der Waals surface area contributed by atoms with Crippen molar-refractivity contribution >= 4 is 28.5 Å². The van der Waals surface area contributed by atoms with Crippen LogP contribution < -0.4 is 10.1 Å². The van der Waals surface area contributed by atoms with E-state index < -0.39 is 18.6 Å². The number of ether oxygens (including phenoxy) is 1. The van der Waals surface area contributed by atoms with E-state index >= 15 is 0 Å². The molecule has 5 nitrogen and oxygen atoms in total. The number of carbonyl (C=O) groups is 1. The molecule has 0 atom stereocenters. The molecule has 1 amide bonds. The third-order valence-electron chi connectivity index (χ3n) is 4.92. The lowest BCUT2D eigenvalue weighted by molar-refractivity contribution is -0.135. The van der Waals surface area contributed by atoms with Crippen molar-refractivity contribution < 1.29 is 22.7 Å². The predicted octanol–water partition coefficient (Wildman–Crippen LogP) is 5.43. The topological polar surface area (TPSA) is 64.1 Å². The highest BCUT2D eigenvalue weighted by Crippen LogP contribution is 2.23. The van der Waals surface area contributed by atoms with Gasteiger partial charge in [-0.25, -0.2) is 4.98 Å². The van der Waals surface area contributed by atoms with E-state index in [2.05, 4.69) is 9.97 Å². The molecule has 0 aliphatic heterocycles. The minimum absolute atomic E-state index is 0.0956. The highest BCUT2D eigenvalue weighted by molar-refractivity contribution is 6.24. The van der Waals surface area contributed by atoms with Gasteiger partial charge in [0.2, 0.25) is 0 Å². The first-order valence-electron chi connectivity index (χ1n) is 10.4. The summed E-state index contributed by atoms with van der Waals surface area (Å²) in [7, 11) is 0. The summed E-state index contributed by atoms with van der Waals surface area (Å²) < 4.78 is 43.6. The number of carbonyl (C=O) groups excluding carboxylic acids is 1. The standard InChI is InChI=1S/C26H20F3N3O2/c27-26(28,29)17-31-25(33)23(15-18-11-13-30-14-12-18)19-6-9-22(10-7-19)34-16-21-8-5-20-3-1-2-4-24(20)32-21/h1-15H,16-17H2,(H,31,33). The van der Waals surface area contributed by atoms with Gasteiger partial charge in [-0.05, 0) is 53.6 Å². The summed E-state index contributed by atoms with van der Waals surface area (Å²) in [5.41, 5.74) is 2.81. The van der Waals surface area contributed by atoms with Crippen molar-refractivity contribution in [3.63, 3.8) is 0 Å². The molecule has 2 aromatic carbocycles. The molecule has 2 aromatic heterocycles. The summed E-state index contributed by atoms with van der Waals surface area (Å²) in [4.78, 5) is 21.0. The number of rotatable bonds is 7. The number of hydrogen-bond acceptors (Lipinski definition) is 4. The molecule has 172 valence electrons. The largest absolute Gasteiger partial charge is 0.487 e. The molecule has 0 fully saturated rings. The second-order valence-electron chi connectivity index (χ2n) is 7.44. The summed E-state index contributed by atoms with van der Waals surface area (Å²) in [6.45, 7) is -1.17. The molecule has 34 heavy (non-hydrogen) atoms. The molecule has 2 heterocycles. The second-order valence-corrected chi connectivity index (χ2v) is 7.44. The number of hydrogen-bond donors (Lipinski definition) is 1. The van der Waals surface area contributed by atoms with Crippen LogP contribution in [-0.2, 0) is 11.4 Å². The smallest absolute Gasteiger partial charge is 0.405 e. The van der Waals surface area contributed by atoms with E-state index in [0.717, 1.165) is 16.6 Å². The van der Waals surface area contributed by atoms with E-state index in [0.29, 0.717) is 16.9 Å². The van der Waals surface area contributed by atoms with E-state index in [9.17, 15) is 18.0 Å². The Kier molecular flexibility index (Phi) is 6.87. The maximum absolute atomic E-state index is 12.6. The summed E-state index contributed by atoms with van der Waals surface area (Å²) in [6.07, 6.45) is 0.0812. The van der Waals surface area contributed by atoms with Crippen LogP contribution in [0.1, 0.15) is 16.8 Å². The van der Waals surface area contributed by atoms with Gasteiger partial charge in [0.25, 0.3) is 5.91 Å². The lowest BCUT2D eigenvalue weighted by atomic mass is 10.0. The van der Waals surface area contributed by atoms with Gasteiger partial charge < -0.3 is 10.1 Å². The number of aromatic nitrogens is 2. The molecular formula is C26H20F3N3O2. The van der Waals surface area contributed by atoms with Gasteiger partial charge in [0, 0.05) is 23.4 Å². The average Bonchev–Trinajstić information content (AvgIpc) is 2.85. The van der Waals surface area contributed by atoms with Gasteiger partial charge in [-0.1, -0.05) is 36.4 Å². The Morgan fingerprint density at radius 2 is 1.68 bits per heavy atom. The molecule has 0 spiro atoms. The van der Waals surface area contributed by atoms with Crippen LogP contribution in [0.5, 0.6) is 5.75 Å². The van der Waals surface area contributed by atoms with E-state index in [1.807, 2.05) is 41.7 Å². The van der Waals surface area contributed by atoms with Crippen molar-refractivity contribution in [1.29, 1.82) is 0 Å². The Morgan fingerprint density at radius 1 is 0.941 bits per heavy atom. The summed E-state index contributed by atoms with van der Waals surface area (Å²) in [5.74, 6) is -0.291. The van der Waals surface area contributed by atoms with E-state index in [4.69, 9.17) is 4.74 Å². The maximum atomic E-state index is 12.6. The van der Waals surface area contributed by atoms with Crippen molar-refractivity contribution in [3.05, 3.63) is 102 Å². The SMILES string of the molecule is O=C(NCC(F)(F)F)C(=Cc1ccncc1)c1ccc(OCc2ccc3ccccc3n2)cc1. The summed E-state index contributed by atoms with van der Waals surface area (Å²) in [5, 5.41) is 2.97. The number of amides is 1. The molecule has 0 aliphatic carbocycles. The number of benzene rings is 2. The highest BCUT2D eigenvalue weighted by atomic mass is 19.4. The van der Waals surface area contributed by atoms with Crippen molar-refractivity contribution in [2.24, 2.45) is 0 Å². The van der Waals surface area contributed by atoms with Crippen molar-refractivity contribution in [2.75, 3.05) is 6.54 Å². The van der Waals surface area contributed by atoms with Crippen LogP contribution in [-0.4, -0.2) is 28.6 Å². The third-order valence-corrected chi connectivity index (χ3v) is 4.92. The van der Waals surface area contributed by atoms with Gasteiger partial charge >= 0.3 is 6.18 Å². The molecule has 0 bridgehead atoms. The molecule has 0 saturated heterocycles. The number of pyridine rings is 2. The minimum Gasteiger partial charge on any atom is -0.487 e. The van der Waals surface area contributed by atoms with E-state index in [-0.39, 0.29) is 12.2 Å². The third kappa shape index (κ3) is 6.19. The molecule has 8 heteroatoms. The van der Waals surface area contributed by atoms with Crippen LogP contribution in [0.15, 0.2) is 85.2 Å². The first-order chi connectivity index (χ1) is 16.4. The zero-order valence-corrected chi connectivity index (χ0v) is 17.9. The molecular weight excluding hydrogens is 443 g/mol. The molecule has 4 rings (SSSR count). The number of halogens is 3.